The van der Waals surface area contributed by atoms with Crippen molar-refractivity contribution in [1.29, 1.82) is 0 Å². The zero-order valence-electron chi connectivity index (χ0n) is 13.1. The van der Waals surface area contributed by atoms with E-state index in [1.807, 2.05) is 0 Å². The largest absolute Gasteiger partial charge is 0.480 e. The quantitative estimate of drug-likeness (QED) is 0.776. The van der Waals surface area contributed by atoms with Crippen molar-refractivity contribution in [2.75, 3.05) is 13.6 Å². The number of amides is 2. The summed E-state index contributed by atoms with van der Waals surface area (Å²) in [5, 5.41) is 11.7. The summed E-state index contributed by atoms with van der Waals surface area (Å²) in [7, 11) is 1.43. The average Bonchev–Trinajstić information content (AvgIpc) is 2.44. The molecule has 0 aromatic heterocycles. The van der Waals surface area contributed by atoms with Crippen LogP contribution < -0.4 is 5.32 Å². The Labute approximate surface area is 125 Å². The van der Waals surface area contributed by atoms with Crippen LogP contribution in [0.1, 0.15) is 52.4 Å². The molecule has 0 saturated heterocycles. The van der Waals surface area contributed by atoms with Gasteiger partial charge in [-0.05, 0) is 32.6 Å². The SMILES string of the molecule is CN(C(=O)CNC(=O)CC1CCCCC1)C(C)(C)C(=O)O. The maximum atomic E-state index is 11.9. The first-order chi connectivity index (χ1) is 9.75. The molecule has 0 spiro atoms. The number of hydrogen-bond donors (Lipinski definition) is 2. The van der Waals surface area contributed by atoms with Crippen molar-refractivity contribution >= 4 is 17.8 Å². The zero-order valence-corrected chi connectivity index (χ0v) is 13.1. The van der Waals surface area contributed by atoms with Gasteiger partial charge in [0, 0.05) is 13.5 Å². The van der Waals surface area contributed by atoms with E-state index in [-0.39, 0.29) is 12.5 Å². The lowest BCUT2D eigenvalue weighted by Gasteiger charge is -2.31. The molecule has 2 N–H and O–H groups in total. The summed E-state index contributed by atoms with van der Waals surface area (Å²) in [5.74, 6) is -1.19. The van der Waals surface area contributed by atoms with E-state index in [4.69, 9.17) is 5.11 Å². The number of carbonyl (C=O) groups is 3. The lowest BCUT2D eigenvalue weighted by Crippen LogP contribution is -2.53. The molecule has 1 aliphatic rings. The van der Waals surface area contributed by atoms with Crippen LogP contribution in [0.4, 0.5) is 0 Å². The zero-order chi connectivity index (χ0) is 16.0. The molecule has 0 aromatic carbocycles. The number of aliphatic carboxylic acids is 1. The number of nitrogens with zero attached hydrogens (tertiary/aromatic N) is 1. The Balaban J connectivity index is 2.38. The predicted molar refractivity (Wildman–Crippen MR) is 78.7 cm³/mol. The van der Waals surface area contributed by atoms with Crippen LogP contribution in [0, 0.1) is 5.92 Å². The first-order valence-corrected chi connectivity index (χ1v) is 7.52. The summed E-state index contributed by atoms with van der Waals surface area (Å²) in [4.78, 5) is 36.0. The van der Waals surface area contributed by atoms with Crippen LogP contribution in [-0.4, -0.2) is 46.9 Å². The van der Waals surface area contributed by atoms with Crippen molar-refractivity contribution < 1.29 is 19.5 Å². The highest BCUT2D eigenvalue weighted by Crippen LogP contribution is 2.26. The van der Waals surface area contributed by atoms with Crippen LogP contribution in [-0.2, 0) is 14.4 Å². The molecule has 0 unspecified atom stereocenters. The Hall–Kier alpha value is -1.59. The molecular formula is C15H26N2O4. The van der Waals surface area contributed by atoms with Gasteiger partial charge in [-0.1, -0.05) is 19.3 Å². The van der Waals surface area contributed by atoms with Gasteiger partial charge in [-0.2, -0.15) is 0 Å². The van der Waals surface area contributed by atoms with E-state index in [1.165, 1.54) is 40.2 Å². The molecule has 21 heavy (non-hydrogen) atoms. The van der Waals surface area contributed by atoms with Crippen LogP contribution in [0.25, 0.3) is 0 Å². The molecule has 0 bridgehead atoms. The summed E-state index contributed by atoms with van der Waals surface area (Å²) in [6.07, 6.45) is 6.20. The molecule has 120 valence electrons. The monoisotopic (exact) mass is 298 g/mol. The fraction of sp³-hybridized carbons (Fsp3) is 0.800. The smallest absolute Gasteiger partial charge is 0.329 e. The van der Waals surface area contributed by atoms with E-state index in [0.717, 1.165) is 17.7 Å². The minimum Gasteiger partial charge on any atom is -0.480 e. The normalized spacial score (nSPS) is 16.3. The van der Waals surface area contributed by atoms with Crippen LogP contribution in [0.15, 0.2) is 0 Å². The van der Waals surface area contributed by atoms with Crippen molar-refractivity contribution in [3.63, 3.8) is 0 Å². The second-order valence-electron chi connectivity index (χ2n) is 6.30. The van der Waals surface area contributed by atoms with E-state index in [9.17, 15) is 14.4 Å². The van der Waals surface area contributed by atoms with Crippen LogP contribution in [0.3, 0.4) is 0 Å². The van der Waals surface area contributed by atoms with Gasteiger partial charge in [-0.3, -0.25) is 9.59 Å². The Morgan fingerprint density at radius 1 is 1.19 bits per heavy atom. The number of carbonyl (C=O) groups excluding carboxylic acids is 2. The van der Waals surface area contributed by atoms with Crippen molar-refractivity contribution in [3.8, 4) is 0 Å². The highest BCUT2D eigenvalue weighted by atomic mass is 16.4. The second-order valence-corrected chi connectivity index (χ2v) is 6.30. The van der Waals surface area contributed by atoms with Crippen LogP contribution in [0.2, 0.25) is 0 Å². The number of nitrogens with one attached hydrogen (secondary N) is 1. The summed E-state index contributed by atoms with van der Waals surface area (Å²) in [5.41, 5.74) is -1.29. The lowest BCUT2D eigenvalue weighted by atomic mass is 9.87. The standard InChI is InChI=1S/C15H26N2O4/c1-15(2,14(20)21)17(3)13(19)10-16-12(18)9-11-7-5-4-6-8-11/h11H,4-10H2,1-3H3,(H,16,18)(H,20,21). The minimum absolute atomic E-state index is 0.128. The maximum Gasteiger partial charge on any atom is 0.329 e. The molecule has 6 heteroatoms. The number of carboxylic acid groups (broad SMARTS) is 1. The first kappa shape index (κ1) is 17.5. The van der Waals surface area contributed by atoms with Gasteiger partial charge in [0.25, 0.3) is 0 Å². The van der Waals surface area contributed by atoms with Crippen LogP contribution in [0.5, 0.6) is 0 Å². The lowest BCUT2D eigenvalue weighted by molar-refractivity contribution is -0.155. The van der Waals surface area contributed by atoms with Gasteiger partial charge in [0.05, 0.1) is 6.54 Å². The average molecular weight is 298 g/mol. The highest BCUT2D eigenvalue weighted by molar-refractivity contribution is 5.89. The second kappa shape index (κ2) is 7.43. The van der Waals surface area contributed by atoms with Crippen LogP contribution >= 0.6 is 0 Å². The molecule has 1 rings (SSSR count). The van der Waals surface area contributed by atoms with Crippen molar-refractivity contribution in [2.45, 2.75) is 57.9 Å². The number of likely N-dealkylation sites (N-methyl/N-ethyl adjacent to an activating group) is 1. The Kier molecular flexibility index (Phi) is 6.18. The van der Waals surface area contributed by atoms with E-state index >= 15 is 0 Å². The van der Waals surface area contributed by atoms with E-state index in [1.54, 1.807) is 0 Å². The molecule has 0 heterocycles. The highest BCUT2D eigenvalue weighted by Gasteiger charge is 2.35. The Bertz CT molecular complexity index is 400. The van der Waals surface area contributed by atoms with E-state index in [0.29, 0.717) is 12.3 Å². The molecule has 0 atom stereocenters. The summed E-state index contributed by atoms with van der Waals surface area (Å²) in [6.45, 7) is 2.76. The fourth-order valence-corrected chi connectivity index (χ4v) is 2.47. The summed E-state index contributed by atoms with van der Waals surface area (Å²) < 4.78 is 0. The Morgan fingerprint density at radius 2 is 1.76 bits per heavy atom. The minimum atomic E-state index is -1.29. The van der Waals surface area contributed by atoms with Gasteiger partial charge in [0.15, 0.2) is 0 Å². The van der Waals surface area contributed by atoms with Gasteiger partial charge < -0.3 is 15.3 Å². The van der Waals surface area contributed by atoms with Crippen molar-refractivity contribution in [2.24, 2.45) is 5.92 Å². The number of rotatable bonds is 6. The van der Waals surface area contributed by atoms with Crippen molar-refractivity contribution in [3.05, 3.63) is 0 Å². The van der Waals surface area contributed by atoms with Gasteiger partial charge in [-0.15, -0.1) is 0 Å². The van der Waals surface area contributed by atoms with Crippen molar-refractivity contribution in [1.82, 2.24) is 10.2 Å². The molecule has 1 fully saturated rings. The molecule has 0 aromatic rings. The molecule has 1 aliphatic carbocycles. The molecule has 0 aliphatic heterocycles. The molecule has 0 radical (unpaired) electrons. The van der Waals surface area contributed by atoms with Gasteiger partial charge in [0.2, 0.25) is 11.8 Å². The third-order valence-corrected chi connectivity index (χ3v) is 4.37. The van der Waals surface area contributed by atoms with Gasteiger partial charge in [-0.25, -0.2) is 4.79 Å². The number of hydrogen-bond acceptors (Lipinski definition) is 3. The predicted octanol–water partition coefficient (Wildman–Crippen LogP) is 1.39. The van der Waals surface area contributed by atoms with E-state index in [2.05, 4.69) is 5.32 Å². The summed E-state index contributed by atoms with van der Waals surface area (Å²) >= 11 is 0. The number of carboxylic acids is 1. The molecule has 1 saturated carbocycles. The first-order valence-electron chi connectivity index (χ1n) is 7.52. The third-order valence-electron chi connectivity index (χ3n) is 4.37. The maximum absolute atomic E-state index is 11.9. The summed E-state index contributed by atoms with van der Waals surface area (Å²) in [6, 6.07) is 0. The van der Waals surface area contributed by atoms with Gasteiger partial charge in [0.1, 0.15) is 5.54 Å². The molecule has 2 amide bonds. The fourth-order valence-electron chi connectivity index (χ4n) is 2.47. The topological polar surface area (TPSA) is 86.7 Å². The molecular weight excluding hydrogens is 272 g/mol. The van der Waals surface area contributed by atoms with Gasteiger partial charge >= 0.3 is 5.97 Å². The Morgan fingerprint density at radius 3 is 2.29 bits per heavy atom. The van der Waals surface area contributed by atoms with E-state index < -0.39 is 17.4 Å². The molecule has 6 nitrogen and oxygen atoms in total. The third kappa shape index (κ3) is 5.02.